The van der Waals surface area contributed by atoms with E-state index in [-0.39, 0.29) is 29.6 Å². The summed E-state index contributed by atoms with van der Waals surface area (Å²) in [5, 5.41) is 3.12. The van der Waals surface area contributed by atoms with Gasteiger partial charge in [0.05, 0.1) is 18.4 Å². The van der Waals surface area contributed by atoms with Crippen molar-refractivity contribution < 1.29 is 14.4 Å². The third kappa shape index (κ3) is 3.02. The molecule has 1 saturated carbocycles. The van der Waals surface area contributed by atoms with Gasteiger partial charge in [-0.15, -0.1) is 0 Å². The van der Waals surface area contributed by atoms with Crippen LogP contribution in [0.3, 0.4) is 0 Å². The summed E-state index contributed by atoms with van der Waals surface area (Å²) < 4.78 is 0. The molecular formula is C16H25N3O3. The number of likely N-dealkylation sites (tertiary alicyclic amines) is 2. The van der Waals surface area contributed by atoms with Crippen molar-refractivity contribution >= 4 is 17.7 Å². The van der Waals surface area contributed by atoms with Gasteiger partial charge in [0.1, 0.15) is 0 Å². The Kier molecular flexibility index (Phi) is 4.47. The Morgan fingerprint density at radius 3 is 2.14 bits per heavy atom. The van der Waals surface area contributed by atoms with Gasteiger partial charge in [0, 0.05) is 26.2 Å². The van der Waals surface area contributed by atoms with Crippen molar-refractivity contribution in [1.82, 2.24) is 15.1 Å². The van der Waals surface area contributed by atoms with Gasteiger partial charge in [0.25, 0.3) is 0 Å². The highest BCUT2D eigenvalue weighted by atomic mass is 16.2. The van der Waals surface area contributed by atoms with Crippen LogP contribution in [0.1, 0.15) is 38.5 Å². The number of carbonyl (C=O) groups excluding carboxylic acids is 3. The Bertz CT molecular complexity index is 447. The van der Waals surface area contributed by atoms with Crippen molar-refractivity contribution in [3.63, 3.8) is 0 Å². The maximum absolute atomic E-state index is 12.2. The van der Waals surface area contributed by atoms with Gasteiger partial charge >= 0.3 is 0 Å². The number of imide groups is 1. The lowest BCUT2D eigenvalue weighted by atomic mass is 10.00. The first-order valence-electron chi connectivity index (χ1n) is 8.39. The molecule has 0 aromatic rings. The predicted octanol–water partition coefficient (Wildman–Crippen LogP) is 0.372. The third-order valence-electron chi connectivity index (χ3n) is 5.28. The average Bonchev–Trinajstić information content (AvgIpc) is 2.83. The SMILES string of the molecule is CN1C(=O)[C@H]2CN(CC(=O)NC3CCCCCC3)C[C@H]2C1=O. The molecule has 0 bridgehead atoms. The van der Waals surface area contributed by atoms with Crippen LogP contribution in [-0.2, 0) is 14.4 Å². The standard InChI is InChI=1S/C16H25N3O3/c1-18-15(21)12-8-19(9-13(12)16(18)22)10-14(20)17-11-6-4-2-3-5-7-11/h11-13H,2-10H2,1H3,(H,17,20)/t12-,13+. The van der Waals surface area contributed by atoms with E-state index < -0.39 is 0 Å². The van der Waals surface area contributed by atoms with Gasteiger partial charge in [0.2, 0.25) is 17.7 Å². The Balaban J connectivity index is 1.49. The molecule has 3 rings (SSSR count). The van der Waals surface area contributed by atoms with Crippen LogP contribution in [0.2, 0.25) is 0 Å². The number of fused-ring (bicyclic) bond motifs is 1. The van der Waals surface area contributed by atoms with Crippen molar-refractivity contribution in [2.24, 2.45) is 11.8 Å². The third-order valence-corrected chi connectivity index (χ3v) is 5.28. The van der Waals surface area contributed by atoms with Gasteiger partial charge in [-0.2, -0.15) is 0 Å². The Morgan fingerprint density at radius 1 is 1.05 bits per heavy atom. The molecule has 2 aliphatic heterocycles. The summed E-state index contributed by atoms with van der Waals surface area (Å²) >= 11 is 0. The lowest BCUT2D eigenvalue weighted by molar-refractivity contribution is -0.139. The molecule has 3 amide bonds. The average molecular weight is 307 g/mol. The van der Waals surface area contributed by atoms with Gasteiger partial charge in [-0.1, -0.05) is 25.7 Å². The molecule has 0 radical (unpaired) electrons. The second kappa shape index (κ2) is 6.36. The van der Waals surface area contributed by atoms with Crippen molar-refractivity contribution in [2.75, 3.05) is 26.7 Å². The molecule has 22 heavy (non-hydrogen) atoms. The summed E-state index contributed by atoms with van der Waals surface area (Å²) in [6, 6.07) is 0.298. The lowest BCUT2D eigenvalue weighted by Gasteiger charge is -2.21. The summed E-state index contributed by atoms with van der Waals surface area (Å²) in [5.41, 5.74) is 0. The van der Waals surface area contributed by atoms with E-state index >= 15 is 0 Å². The molecular weight excluding hydrogens is 282 g/mol. The van der Waals surface area contributed by atoms with Crippen LogP contribution in [0.4, 0.5) is 0 Å². The Morgan fingerprint density at radius 2 is 1.59 bits per heavy atom. The Hall–Kier alpha value is -1.43. The predicted molar refractivity (Wildman–Crippen MR) is 80.8 cm³/mol. The highest BCUT2D eigenvalue weighted by molar-refractivity contribution is 6.05. The molecule has 6 nitrogen and oxygen atoms in total. The van der Waals surface area contributed by atoms with E-state index in [1.54, 1.807) is 7.05 Å². The van der Waals surface area contributed by atoms with Crippen LogP contribution in [0.5, 0.6) is 0 Å². The van der Waals surface area contributed by atoms with Crippen LogP contribution in [0.25, 0.3) is 0 Å². The molecule has 1 aliphatic carbocycles. The molecule has 1 N–H and O–H groups in total. The summed E-state index contributed by atoms with van der Waals surface area (Å²) in [5.74, 6) is -0.658. The van der Waals surface area contributed by atoms with E-state index in [1.165, 1.54) is 30.6 Å². The van der Waals surface area contributed by atoms with E-state index in [0.717, 1.165) is 12.8 Å². The largest absolute Gasteiger partial charge is 0.352 e. The van der Waals surface area contributed by atoms with E-state index in [2.05, 4.69) is 5.32 Å². The van der Waals surface area contributed by atoms with Crippen molar-refractivity contribution in [1.29, 1.82) is 0 Å². The van der Waals surface area contributed by atoms with Crippen molar-refractivity contribution in [3.05, 3.63) is 0 Å². The molecule has 122 valence electrons. The van der Waals surface area contributed by atoms with Gasteiger partial charge in [0.15, 0.2) is 0 Å². The summed E-state index contributed by atoms with van der Waals surface area (Å²) in [4.78, 5) is 39.3. The van der Waals surface area contributed by atoms with Crippen LogP contribution < -0.4 is 5.32 Å². The maximum Gasteiger partial charge on any atom is 0.234 e. The minimum Gasteiger partial charge on any atom is -0.352 e. The van der Waals surface area contributed by atoms with Gasteiger partial charge in [-0.05, 0) is 12.8 Å². The number of hydrogen-bond donors (Lipinski definition) is 1. The molecule has 3 fully saturated rings. The van der Waals surface area contributed by atoms with Gasteiger partial charge < -0.3 is 5.32 Å². The lowest BCUT2D eigenvalue weighted by Crippen LogP contribution is -2.42. The molecule has 0 spiro atoms. The zero-order valence-corrected chi connectivity index (χ0v) is 13.2. The van der Waals surface area contributed by atoms with E-state index in [4.69, 9.17) is 0 Å². The second-order valence-electron chi connectivity index (χ2n) is 6.90. The molecule has 0 aromatic heterocycles. The first kappa shape index (κ1) is 15.5. The Labute approximate surface area is 131 Å². The topological polar surface area (TPSA) is 69.7 Å². The minimum absolute atomic E-state index is 0.0279. The normalized spacial score (nSPS) is 30.5. The van der Waals surface area contributed by atoms with Gasteiger partial charge in [-0.3, -0.25) is 24.2 Å². The number of rotatable bonds is 3. The highest BCUT2D eigenvalue weighted by Crippen LogP contribution is 2.32. The molecule has 0 unspecified atom stereocenters. The molecule has 6 heteroatoms. The van der Waals surface area contributed by atoms with Crippen LogP contribution in [-0.4, -0.2) is 60.2 Å². The highest BCUT2D eigenvalue weighted by Gasteiger charge is 2.51. The van der Waals surface area contributed by atoms with Crippen LogP contribution in [0.15, 0.2) is 0 Å². The maximum atomic E-state index is 12.2. The number of nitrogens with one attached hydrogen (secondary N) is 1. The summed E-state index contributed by atoms with van der Waals surface area (Å²) in [6.45, 7) is 1.35. The number of amides is 3. The van der Waals surface area contributed by atoms with Gasteiger partial charge in [-0.25, -0.2) is 0 Å². The second-order valence-corrected chi connectivity index (χ2v) is 6.90. The van der Waals surface area contributed by atoms with Crippen LogP contribution in [0, 0.1) is 11.8 Å². The fourth-order valence-corrected chi connectivity index (χ4v) is 4.02. The fraction of sp³-hybridized carbons (Fsp3) is 0.812. The first-order chi connectivity index (χ1) is 10.6. The smallest absolute Gasteiger partial charge is 0.234 e. The van der Waals surface area contributed by atoms with E-state index in [9.17, 15) is 14.4 Å². The monoisotopic (exact) mass is 307 g/mol. The zero-order chi connectivity index (χ0) is 15.7. The first-order valence-corrected chi connectivity index (χ1v) is 8.39. The molecule has 2 heterocycles. The van der Waals surface area contributed by atoms with Crippen molar-refractivity contribution in [3.8, 4) is 0 Å². The molecule has 2 atom stereocenters. The quantitative estimate of drug-likeness (QED) is 0.604. The zero-order valence-electron chi connectivity index (χ0n) is 13.2. The van der Waals surface area contributed by atoms with Crippen LogP contribution >= 0.6 is 0 Å². The number of hydrogen-bond acceptors (Lipinski definition) is 4. The summed E-state index contributed by atoms with van der Waals surface area (Å²) in [6.07, 6.45) is 7.04. The van der Waals surface area contributed by atoms with E-state index in [0.29, 0.717) is 25.7 Å². The summed E-state index contributed by atoms with van der Waals surface area (Å²) in [7, 11) is 1.55. The minimum atomic E-state index is -0.247. The van der Waals surface area contributed by atoms with E-state index in [1.807, 2.05) is 4.90 Å². The number of nitrogens with zero attached hydrogens (tertiary/aromatic N) is 2. The number of carbonyl (C=O) groups is 3. The fourth-order valence-electron chi connectivity index (χ4n) is 4.02. The van der Waals surface area contributed by atoms with Crippen molar-refractivity contribution in [2.45, 2.75) is 44.6 Å². The molecule has 0 aromatic carbocycles. The molecule has 2 saturated heterocycles. The molecule has 3 aliphatic rings.